The van der Waals surface area contributed by atoms with Crippen LogP contribution in [0.1, 0.15) is 12.8 Å². The van der Waals surface area contributed by atoms with E-state index in [-0.39, 0.29) is 35.9 Å². The molecule has 8 heteroatoms. The van der Waals surface area contributed by atoms with Crippen molar-refractivity contribution in [3.63, 3.8) is 0 Å². The van der Waals surface area contributed by atoms with Gasteiger partial charge in [-0.2, -0.15) is 0 Å². The number of aliphatic carboxylic acids is 1. The number of carboxylic acids is 1. The number of hydrogen-bond acceptors (Lipinski definition) is 5. The molecule has 2 rings (SSSR count). The van der Waals surface area contributed by atoms with Crippen LogP contribution >= 0.6 is 11.8 Å². The number of ether oxygens (including phenoxy) is 1. The molecule has 1 aliphatic carbocycles. The van der Waals surface area contributed by atoms with Crippen molar-refractivity contribution in [2.24, 2.45) is 0 Å². The van der Waals surface area contributed by atoms with Crippen molar-refractivity contribution in [2.45, 2.75) is 18.9 Å². The first-order chi connectivity index (χ1) is 10.1. The molecule has 2 amide bonds. The van der Waals surface area contributed by atoms with Crippen LogP contribution in [-0.2, 0) is 19.1 Å². The second-order valence-corrected chi connectivity index (χ2v) is 6.12. The molecule has 1 saturated carbocycles. The quantitative estimate of drug-likeness (QED) is 0.691. The average Bonchev–Trinajstić information content (AvgIpc) is 3.29. The number of carbonyl (C=O) groups is 3. The first-order valence-electron chi connectivity index (χ1n) is 7.02. The minimum Gasteiger partial charge on any atom is -0.480 e. The minimum atomic E-state index is -0.996. The van der Waals surface area contributed by atoms with Crippen molar-refractivity contribution in [3.05, 3.63) is 0 Å². The van der Waals surface area contributed by atoms with E-state index >= 15 is 0 Å². The summed E-state index contributed by atoms with van der Waals surface area (Å²) in [5.74, 6) is -0.784. The summed E-state index contributed by atoms with van der Waals surface area (Å²) in [6.45, 7) is 2.06. The Labute approximate surface area is 127 Å². The van der Waals surface area contributed by atoms with Crippen LogP contribution in [0.25, 0.3) is 0 Å². The maximum absolute atomic E-state index is 12.0. The third kappa shape index (κ3) is 5.20. The smallest absolute Gasteiger partial charge is 0.323 e. The van der Waals surface area contributed by atoms with Crippen LogP contribution in [-0.4, -0.2) is 83.1 Å². The summed E-state index contributed by atoms with van der Waals surface area (Å²) >= 11 is 1.25. The van der Waals surface area contributed by atoms with Gasteiger partial charge in [0, 0.05) is 19.1 Å². The van der Waals surface area contributed by atoms with E-state index in [2.05, 4.69) is 0 Å². The Morgan fingerprint density at radius 3 is 2.43 bits per heavy atom. The number of morpholine rings is 1. The topological polar surface area (TPSA) is 87.2 Å². The molecule has 2 fully saturated rings. The Morgan fingerprint density at radius 2 is 1.86 bits per heavy atom. The Hall–Kier alpha value is -1.28. The summed E-state index contributed by atoms with van der Waals surface area (Å²) in [6, 6.07) is 0.0733. The van der Waals surface area contributed by atoms with Crippen LogP contribution in [0.3, 0.4) is 0 Å². The highest BCUT2D eigenvalue weighted by Crippen LogP contribution is 2.27. The number of carbonyl (C=O) groups excluding carboxylic acids is 2. The molecular weight excluding hydrogens is 296 g/mol. The average molecular weight is 316 g/mol. The van der Waals surface area contributed by atoms with E-state index in [1.54, 1.807) is 4.90 Å². The van der Waals surface area contributed by atoms with Gasteiger partial charge in [0.05, 0.1) is 24.7 Å². The zero-order valence-corrected chi connectivity index (χ0v) is 12.6. The highest BCUT2D eigenvalue weighted by Gasteiger charge is 2.33. The molecule has 1 N–H and O–H groups in total. The molecule has 7 nitrogen and oxygen atoms in total. The highest BCUT2D eigenvalue weighted by molar-refractivity contribution is 8.00. The number of hydrogen-bond donors (Lipinski definition) is 1. The maximum atomic E-state index is 12.0. The molecule has 1 aliphatic heterocycles. The van der Waals surface area contributed by atoms with Crippen molar-refractivity contribution >= 4 is 29.5 Å². The number of thioether (sulfide) groups is 1. The molecule has 0 unspecified atom stereocenters. The molecule has 1 saturated heterocycles. The molecule has 0 aromatic rings. The van der Waals surface area contributed by atoms with E-state index in [9.17, 15) is 14.4 Å². The Balaban J connectivity index is 1.70. The lowest BCUT2D eigenvalue weighted by atomic mass is 10.4. The number of carboxylic acid groups (broad SMARTS) is 1. The number of amides is 2. The van der Waals surface area contributed by atoms with Gasteiger partial charge in [-0.25, -0.2) is 0 Å². The summed E-state index contributed by atoms with van der Waals surface area (Å²) in [5, 5.41) is 8.82. The SMILES string of the molecule is O=C(O)CN(C(=O)CSCC(=O)N1CCOCC1)C1CC1. The van der Waals surface area contributed by atoms with Crippen molar-refractivity contribution in [2.75, 3.05) is 44.4 Å². The fraction of sp³-hybridized carbons (Fsp3) is 0.769. The molecule has 0 spiro atoms. The van der Waals surface area contributed by atoms with Gasteiger partial charge in [-0.15, -0.1) is 11.8 Å². The van der Waals surface area contributed by atoms with Crippen molar-refractivity contribution in [1.29, 1.82) is 0 Å². The summed E-state index contributed by atoms with van der Waals surface area (Å²) in [6.07, 6.45) is 1.74. The van der Waals surface area contributed by atoms with Gasteiger partial charge < -0.3 is 19.6 Å². The van der Waals surface area contributed by atoms with E-state index in [1.165, 1.54) is 16.7 Å². The largest absolute Gasteiger partial charge is 0.480 e. The first-order valence-corrected chi connectivity index (χ1v) is 8.18. The van der Waals surface area contributed by atoms with Gasteiger partial charge in [0.1, 0.15) is 6.54 Å². The molecule has 0 bridgehead atoms. The van der Waals surface area contributed by atoms with E-state index in [0.717, 1.165) is 12.8 Å². The predicted octanol–water partition coefficient (Wildman–Crippen LogP) is -0.346. The fourth-order valence-corrected chi connectivity index (χ4v) is 2.97. The van der Waals surface area contributed by atoms with Crippen LogP contribution in [0.4, 0.5) is 0 Å². The van der Waals surface area contributed by atoms with Crippen LogP contribution in [0.2, 0.25) is 0 Å². The van der Waals surface area contributed by atoms with E-state index in [4.69, 9.17) is 9.84 Å². The van der Waals surface area contributed by atoms with Crippen LogP contribution in [0.15, 0.2) is 0 Å². The molecule has 0 atom stereocenters. The minimum absolute atomic E-state index is 0.00677. The second kappa shape index (κ2) is 7.65. The zero-order chi connectivity index (χ0) is 15.2. The predicted molar refractivity (Wildman–Crippen MR) is 77.1 cm³/mol. The van der Waals surface area contributed by atoms with Crippen LogP contribution in [0.5, 0.6) is 0 Å². The molecule has 0 aromatic carbocycles. The van der Waals surface area contributed by atoms with Gasteiger partial charge in [-0.05, 0) is 12.8 Å². The summed E-state index contributed by atoms with van der Waals surface area (Å²) in [4.78, 5) is 37.8. The Morgan fingerprint density at radius 1 is 1.19 bits per heavy atom. The molecule has 0 radical (unpaired) electrons. The monoisotopic (exact) mass is 316 g/mol. The van der Waals surface area contributed by atoms with Gasteiger partial charge >= 0.3 is 5.97 Å². The Kier molecular flexibility index (Phi) is 5.86. The van der Waals surface area contributed by atoms with E-state index in [1.807, 2.05) is 0 Å². The third-order valence-electron chi connectivity index (χ3n) is 3.43. The fourth-order valence-electron chi connectivity index (χ4n) is 2.17. The second-order valence-electron chi connectivity index (χ2n) is 5.13. The number of nitrogens with zero attached hydrogens (tertiary/aromatic N) is 2. The summed E-state index contributed by atoms with van der Waals surface area (Å²) in [7, 11) is 0. The van der Waals surface area contributed by atoms with E-state index in [0.29, 0.717) is 26.3 Å². The molecule has 2 aliphatic rings. The lowest BCUT2D eigenvalue weighted by Crippen LogP contribution is -2.42. The van der Waals surface area contributed by atoms with Gasteiger partial charge in [0.15, 0.2) is 0 Å². The van der Waals surface area contributed by atoms with Crippen LogP contribution in [0, 0.1) is 0 Å². The lowest BCUT2D eigenvalue weighted by molar-refractivity contribution is -0.143. The lowest BCUT2D eigenvalue weighted by Gasteiger charge is -2.26. The number of rotatable bonds is 7. The molecule has 118 valence electrons. The van der Waals surface area contributed by atoms with Crippen molar-refractivity contribution < 1.29 is 24.2 Å². The van der Waals surface area contributed by atoms with Crippen LogP contribution < -0.4 is 0 Å². The molecule has 1 heterocycles. The normalized spacial score (nSPS) is 18.4. The molecular formula is C13H20N2O5S. The summed E-state index contributed by atoms with van der Waals surface area (Å²) in [5.41, 5.74) is 0. The Bertz CT molecular complexity index is 407. The summed E-state index contributed by atoms with van der Waals surface area (Å²) < 4.78 is 5.18. The first kappa shape index (κ1) is 16.1. The van der Waals surface area contributed by atoms with Gasteiger partial charge in [-0.3, -0.25) is 14.4 Å². The maximum Gasteiger partial charge on any atom is 0.323 e. The highest BCUT2D eigenvalue weighted by atomic mass is 32.2. The third-order valence-corrected chi connectivity index (χ3v) is 4.33. The zero-order valence-electron chi connectivity index (χ0n) is 11.8. The van der Waals surface area contributed by atoms with Crippen molar-refractivity contribution in [1.82, 2.24) is 9.80 Å². The van der Waals surface area contributed by atoms with Gasteiger partial charge in [0.25, 0.3) is 0 Å². The van der Waals surface area contributed by atoms with E-state index < -0.39 is 5.97 Å². The van der Waals surface area contributed by atoms with Gasteiger partial charge in [0.2, 0.25) is 11.8 Å². The van der Waals surface area contributed by atoms with Gasteiger partial charge in [-0.1, -0.05) is 0 Å². The standard InChI is InChI=1S/C13H20N2O5S/c16-11(14-3-5-20-6-4-14)8-21-9-12(17)15(7-13(18)19)10-1-2-10/h10H,1-9H2,(H,18,19). The molecule has 0 aromatic heterocycles. The molecule has 21 heavy (non-hydrogen) atoms. The van der Waals surface area contributed by atoms with Crippen molar-refractivity contribution in [3.8, 4) is 0 Å².